The zero-order chi connectivity index (χ0) is 23.5. The van der Waals surface area contributed by atoms with Crippen LogP contribution in [0.15, 0.2) is 48.5 Å². The minimum atomic E-state index is -0.448. The molecular formula is C27H40N2O3. The monoisotopic (exact) mass is 440 g/mol. The second-order valence-electron chi connectivity index (χ2n) is 8.57. The van der Waals surface area contributed by atoms with E-state index in [0.717, 1.165) is 23.2 Å². The molecule has 5 nitrogen and oxygen atoms in total. The summed E-state index contributed by atoms with van der Waals surface area (Å²) < 4.78 is 11.5. The summed E-state index contributed by atoms with van der Waals surface area (Å²) >= 11 is 0. The Balaban J connectivity index is 2.28. The maximum Gasteiger partial charge on any atom is 0.322 e. The second kappa shape index (κ2) is 13.2. The number of anilines is 1. The second-order valence-corrected chi connectivity index (χ2v) is 8.57. The van der Waals surface area contributed by atoms with Gasteiger partial charge in [-0.25, -0.2) is 4.79 Å². The van der Waals surface area contributed by atoms with Crippen molar-refractivity contribution in [3.05, 3.63) is 65.2 Å². The number of carbonyl (C=O) groups is 1. The number of urea groups is 1. The Bertz CT molecular complexity index is 789. The van der Waals surface area contributed by atoms with E-state index in [9.17, 15) is 4.79 Å². The number of ether oxygens (including phenoxy) is 2. The van der Waals surface area contributed by atoms with E-state index >= 15 is 0 Å². The number of amides is 2. The van der Waals surface area contributed by atoms with Crippen LogP contribution in [0.3, 0.4) is 0 Å². The molecule has 2 rings (SSSR count). The van der Waals surface area contributed by atoms with E-state index in [1.165, 1.54) is 5.56 Å². The number of nitrogens with one attached hydrogen (secondary N) is 1. The molecule has 2 amide bonds. The van der Waals surface area contributed by atoms with Gasteiger partial charge in [0.2, 0.25) is 0 Å². The lowest BCUT2D eigenvalue weighted by atomic mass is 9.93. The van der Waals surface area contributed by atoms with Crippen LogP contribution in [-0.2, 0) is 15.9 Å². The van der Waals surface area contributed by atoms with E-state index in [1.54, 1.807) is 0 Å². The van der Waals surface area contributed by atoms with Crippen molar-refractivity contribution in [3.63, 3.8) is 0 Å². The average molecular weight is 441 g/mol. The predicted molar refractivity (Wildman–Crippen MR) is 132 cm³/mol. The Hall–Kier alpha value is -2.37. The lowest BCUT2D eigenvalue weighted by Crippen LogP contribution is -2.43. The number of carbonyl (C=O) groups excluding carboxylic acids is 1. The summed E-state index contributed by atoms with van der Waals surface area (Å²) in [5.41, 5.74) is 4.43. The minimum absolute atomic E-state index is 0.125. The van der Waals surface area contributed by atoms with Crippen LogP contribution >= 0.6 is 0 Å². The van der Waals surface area contributed by atoms with E-state index in [-0.39, 0.29) is 6.03 Å². The largest absolute Gasteiger partial charge is 0.351 e. The quantitative estimate of drug-likeness (QED) is 0.388. The first-order valence-electron chi connectivity index (χ1n) is 11.8. The van der Waals surface area contributed by atoms with Crippen molar-refractivity contribution < 1.29 is 14.3 Å². The highest BCUT2D eigenvalue weighted by atomic mass is 16.7. The van der Waals surface area contributed by atoms with Gasteiger partial charge in [-0.1, -0.05) is 76.2 Å². The van der Waals surface area contributed by atoms with Crippen LogP contribution in [0.2, 0.25) is 0 Å². The molecule has 2 aromatic rings. The fourth-order valence-corrected chi connectivity index (χ4v) is 3.77. The number of hydrogen-bond acceptors (Lipinski definition) is 3. The predicted octanol–water partition coefficient (Wildman–Crippen LogP) is 6.41. The fourth-order valence-electron chi connectivity index (χ4n) is 3.77. The maximum atomic E-state index is 13.5. The van der Waals surface area contributed by atoms with Crippen LogP contribution < -0.4 is 5.32 Å². The molecule has 0 saturated carbocycles. The van der Waals surface area contributed by atoms with Crippen LogP contribution in [0.25, 0.3) is 0 Å². The minimum Gasteiger partial charge on any atom is -0.351 e. The molecule has 32 heavy (non-hydrogen) atoms. The lowest BCUT2D eigenvalue weighted by Gasteiger charge is -2.29. The van der Waals surface area contributed by atoms with E-state index in [1.807, 2.05) is 36.9 Å². The van der Waals surface area contributed by atoms with Crippen molar-refractivity contribution in [1.29, 1.82) is 0 Å². The SMILES string of the molecule is CCOC(CN(CCc1ccccc1)C(=O)Nc1c(C(C)C)cccc1C(C)C)OCC. The maximum absolute atomic E-state index is 13.5. The van der Waals surface area contributed by atoms with Crippen molar-refractivity contribution in [1.82, 2.24) is 4.90 Å². The van der Waals surface area contributed by atoms with Crippen LogP contribution in [0, 0.1) is 0 Å². The normalized spacial score (nSPS) is 11.4. The molecule has 5 heteroatoms. The molecule has 0 aliphatic carbocycles. The topological polar surface area (TPSA) is 50.8 Å². The van der Waals surface area contributed by atoms with Crippen molar-refractivity contribution in [3.8, 4) is 0 Å². The summed E-state index contributed by atoms with van der Waals surface area (Å²) in [5.74, 6) is 0.614. The van der Waals surface area contributed by atoms with Gasteiger partial charge in [0, 0.05) is 25.4 Å². The summed E-state index contributed by atoms with van der Waals surface area (Å²) in [6.07, 6.45) is 0.318. The molecule has 0 aliphatic heterocycles. The fraction of sp³-hybridized carbons (Fsp3) is 0.519. The van der Waals surface area contributed by atoms with E-state index in [0.29, 0.717) is 38.1 Å². The van der Waals surface area contributed by atoms with E-state index < -0.39 is 6.29 Å². The van der Waals surface area contributed by atoms with Gasteiger partial charge in [-0.05, 0) is 48.8 Å². The Morgan fingerprint density at radius 2 is 1.44 bits per heavy atom. The van der Waals surface area contributed by atoms with Crippen LogP contribution in [0.1, 0.15) is 70.1 Å². The van der Waals surface area contributed by atoms with Crippen molar-refractivity contribution >= 4 is 11.7 Å². The summed E-state index contributed by atoms with van der Waals surface area (Å²) in [6.45, 7) is 14.5. The molecule has 2 aromatic carbocycles. The van der Waals surface area contributed by atoms with Gasteiger partial charge in [-0.15, -0.1) is 0 Å². The van der Waals surface area contributed by atoms with Crippen molar-refractivity contribution in [2.45, 2.75) is 66.1 Å². The van der Waals surface area contributed by atoms with Gasteiger partial charge in [0.15, 0.2) is 6.29 Å². The van der Waals surface area contributed by atoms with Crippen LogP contribution in [0.5, 0.6) is 0 Å². The third kappa shape index (κ3) is 7.64. The first-order valence-corrected chi connectivity index (χ1v) is 11.8. The molecule has 176 valence electrons. The molecule has 0 saturated heterocycles. The van der Waals surface area contributed by atoms with Crippen molar-refractivity contribution in [2.24, 2.45) is 0 Å². The molecule has 0 spiro atoms. The molecule has 1 N–H and O–H groups in total. The molecule has 0 unspecified atom stereocenters. The van der Waals surface area contributed by atoms with Gasteiger partial charge >= 0.3 is 6.03 Å². The first-order chi connectivity index (χ1) is 15.4. The average Bonchev–Trinajstić information content (AvgIpc) is 2.77. The highest BCUT2D eigenvalue weighted by molar-refractivity contribution is 5.91. The number of para-hydroxylation sites is 1. The zero-order valence-electron chi connectivity index (χ0n) is 20.6. The highest BCUT2D eigenvalue weighted by Gasteiger charge is 2.23. The Morgan fingerprint density at radius 1 is 0.875 bits per heavy atom. The third-order valence-electron chi connectivity index (χ3n) is 5.48. The molecule has 0 aromatic heterocycles. The number of benzene rings is 2. The number of nitrogens with zero attached hydrogens (tertiary/aromatic N) is 1. The third-order valence-corrected chi connectivity index (χ3v) is 5.48. The van der Waals surface area contributed by atoms with Gasteiger partial charge in [-0.2, -0.15) is 0 Å². The van der Waals surface area contributed by atoms with Crippen LogP contribution in [-0.4, -0.2) is 43.5 Å². The molecule has 0 atom stereocenters. The summed E-state index contributed by atoms with van der Waals surface area (Å²) in [4.78, 5) is 15.3. The van der Waals surface area contributed by atoms with Gasteiger partial charge in [-0.3, -0.25) is 0 Å². The first kappa shape index (κ1) is 25.9. The van der Waals surface area contributed by atoms with Gasteiger partial charge in [0.25, 0.3) is 0 Å². The summed E-state index contributed by atoms with van der Waals surface area (Å²) in [5, 5.41) is 3.24. The molecule has 0 fully saturated rings. The zero-order valence-corrected chi connectivity index (χ0v) is 20.6. The molecule has 0 radical (unpaired) electrons. The Morgan fingerprint density at radius 3 is 1.94 bits per heavy atom. The molecule has 0 heterocycles. The standard InChI is InChI=1S/C27H40N2O3/c1-7-31-25(32-8-2)19-29(18-17-22-13-10-9-11-14-22)27(30)28-26-23(20(3)4)15-12-16-24(26)21(5)6/h9-16,20-21,25H,7-8,17-19H2,1-6H3,(H,28,30). The highest BCUT2D eigenvalue weighted by Crippen LogP contribution is 2.32. The van der Waals surface area contributed by atoms with E-state index in [2.05, 4.69) is 63.3 Å². The van der Waals surface area contributed by atoms with Gasteiger partial charge < -0.3 is 19.7 Å². The van der Waals surface area contributed by atoms with Gasteiger partial charge in [0.1, 0.15) is 0 Å². The smallest absolute Gasteiger partial charge is 0.322 e. The lowest BCUT2D eigenvalue weighted by molar-refractivity contribution is -0.142. The summed E-state index contributed by atoms with van der Waals surface area (Å²) in [7, 11) is 0. The van der Waals surface area contributed by atoms with Crippen LogP contribution in [0.4, 0.5) is 10.5 Å². The van der Waals surface area contributed by atoms with Crippen molar-refractivity contribution in [2.75, 3.05) is 31.6 Å². The molecule has 0 bridgehead atoms. The Kier molecular flexibility index (Phi) is 10.7. The van der Waals surface area contributed by atoms with E-state index in [4.69, 9.17) is 9.47 Å². The molecular weight excluding hydrogens is 400 g/mol. The van der Waals surface area contributed by atoms with Gasteiger partial charge in [0.05, 0.1) is 6.54 Å². The molecule has 0 aliphatic rings. The summed E-state index contributed by atoms with van der Waals surface area (Å²) in [6, 6.07) is 16.4. The Labute approximate surface area is 194 Å². The number of hydrogen-bond donors (Lipinski definition) is 1. The number of rotatable bonds is 12.